The molecule has 1 aliphatic heterocycles. The molecular formula is C13H23NO. The summed E-state index contributed by atoms with van der Waals surface area (Å²) in [7, 11) is 0. The summed E-state index contributed by atoms with van der Waals surface area (Å²) in [5, 5.41) is 13.7. The molecule has 4 atom stereocenters. The molecule has 0 aromatic heterocycles. The summed E-state index contributed by atoms with van der Waals surface area (Å²) >= 11 is 0. The van der Waals surface area contributed by atoms with Gasteiger partial charge < -0.3 is 10.4 Å². The highest BCUT2D eigenvalue weighted by Crippen LogP contribution is 2.32. The van der Waals surface area contributed by atoms with E-state index in [1.165, 1.54) is 12.0 Å². The second kappa shape index (κ2) is 4.67. The molecule has 1 saturated heterocycles. The average molecular weight is 209 g/mol. The van der Waals surface area contributed by atoms with Crippen molar-refractivity contribution in [3.8, 4) is 0 Å². The lowest BCUT2D eigenvalue weighted by molar-refractivity contribution is 0.0629. The predicted octanol–water partition coefficient (Wildman–Crippen LogP) is 2.09. The Labute approximate surface area is 92.8 Å². The monoisotopic (exact) mass is 209 g/mol. The Morgan fingerprint density at radius 2 is 2.33 bits per heavy atom. The summed E-state index contributed by atoms with van der Waals surface area (Å²) in [6.45, 7) is 5.53. The third kappa shape index (κ3) is 2.61. The van der Waals surface area contributed by atoms with Crippen LogP contribution in [0.15, 0.2) is 11.6 Å². The molecule has 86 valence electrons. The van der Waals surface area contributed by atoms with Crippen molar-refractivity contribution >= 4 is 0 Å². The third-order valence-electron chi connectivity index (χ3n) is 3.82. The van der Waals surface area contributed by atoms with Crippen molar-refractivity contribution in [2.75, 3.05) is 6.54 Å². The van der Waals surface area contributed by atoms with Gasteiger partial charge in [0, 0.05) is 6.04 Å². The maximum atomic E-state index is 10.3. The van der Waals surface area contributed by atoms with Gasteiger partial charge in [-0.15, -0.1) is 0 Å². The SMILES string of the molecule is CC1=CC(C)CC(C(O)C2CCCN2)C1. The standard InChI is InChI=1S/C13H23NO/c1-9-6-10(2)8-11(7-9)13(15)12-4-3-5-14-12/h6,9,11-15H,3-5,7-8H2,1-2H3. The van der Waals surface area contributed by atoms with Gasteiger partial charge in [-0.1, -0.05) is 18.6 Å². The van der Waals surface area contributed by atoms with Crippen LogP contribution in [0.5, 0.6) is 0 Å². The van der Waals surface area contributed by atoms with Gasteiger partial charge in [-0.05, 0) is 51.0 Å². The van der Waals surface area contributed by atoms with E-state index in [0.29, 0.717) is 17.9 Å². The maximum absolute atomic E-state index is 10.3. The van der Waals surface area contributed by atoms with E-state index in [1.54, 1.807) is 0 Å². The maximum Gasteiger partial charge on any atom is 0.0724 e. The number of aliphatic hydroxyl groups excluding tert-OH is 1. The lowest BCUT2D eigenvalue weighted by Crippen LogP contribution is -2.41. The van der Waals surface area contributed by atoms with Gasteiger partial charge in [0.05, 0.1) is 6.10 Å². The smallest absolute Gasteiger partial charge is 0.0724 e. The predicted molar refractivity (Wildman–Crippen MR) is 62.7 cm³/mol. The number of aliphatic hydroxyl groups is 1. The molecule has 2 N–H and O–H groups in total. The highest BCUT2D eigenvalue weighted by molar-refractivity contribution is 5.08. The largest absolute Gasteiger partial charge is 0.391 e. The van der Waals surface area contributed by atoms with Crippen molar-refractivity contribution < 1.29 is 5.11 Å². The number of hydrogen-bond donors (Lipinski definition) is 2. The summed E-state index contributed by atoms with van der Waals surface area (Å²) in [6, 6.07) is 0.355. The van der Waals surface area contributed by atoms with Crippen LogP contribution in [0.3, 0.4) is 0 Å². The van der Waals surface area contributed by atoms with Crippen LogP contribution >= 0.6 is 0 Å². The second-order valence-corrected chi connectivity index (χ2v) is 5.38. The Bertz CT molecular complexity index is 243. The van der Waals surface area contributed by atoms with Gasteiger partial charge in [-0.3, -0.25) is 0 Å². The zero-order chi connectivity index (χ0) is 10.8. The highest BCUT2D eigenvalue weighted by atomic mass is 16.3. The van der Waals surface area contributed by atoms with Gasteiger partial charge in [0.1, 0.15) is 0 Å². The molecule has 2 nitrogen and oxygen atoms in total. The van der Waals surface area contributed by atoms with Crippen LogP contribution in [0.4, 0.5) is 0 Å². The van der Waals surface area contributed by atoms with E-state index < -0.39 is 0 Å². The molecule has 1 heterocycles. The molecule has 2 heteroatoms. The molecule has 0 amide bonds. The molecule has 2 aliphatic rings. The first kappa shape index (κ1) is 11.2. The van der Waals surface area contributed by atoms with E-state index in [4.69, 9.17) is 0 Å². The van der Waals surface area contributed by atoms with Crippen LogP contribution in [0.25, 0.3) is 0 Å². The molecule has 0 spiro atoms. The van der Waals surface area contributed by atoms with E-state index in [0.717, 1.165) is 25.8 Å². The minimum absolute atomic E-state index is 0.140. The molecular weight excluding hydrogens is 186 g/mol. The summed E-state index contributed by atoms with van der Waals surface area (Å²) < 4.78 is 0. The van der Waals surface area contributed by atoms with Gasteiger partial charge in [-0.25, -0.2) is 0 Å². The van der Waals surface area contributed by atoms with E-state index in [9.17, 15) is 5.11 Å². The molecule has 15 heavy (non-hydrogen) atoms. The Kier molecular flexibility index (Phi) is 3.47. The first-order valence-corrected chi connectivity index (χ1v) is 6.25. The normalized spacial score (nSPS) is 38.9. The van der Waals surface area contributed by atoms with Gasteiger partial charge in [0.15, 0.2) is 0 Å². The van der Waals surface area contributed by atoms with Crippen molar-refractivity contribution in [3.05, 3.63) is 11.6 Å². The molecule has 1 fully saturated rings. The molecule has 0 radical (unpaired) electrons. The molecule has 0 aromatic carbocycles. The van der Waals surface area contributed by atoms with Gasteiger partial charge >= 0.3 is 0 Å². The second-order valence-electron chi connectivity index (χ2n) is 5.38. The molecule has 1 aliphatic carbocycles. The molecule has 2 rings (SSSR count). The Balaban J connectivity index is 1.95. The Hall–Kier alpha value is -0.340. The zero-order valence-corrected chi connectivity index (χ0v) is 9.87. The van der Waals surface area contributed by atoms with Crippen molar-refractivity contribution in [2.45, 2.75) is 51.7 Å². The molecule has 4 unspecified atom stereocenters. The van der Waals surface area contributed by atoms with Crippen LogP contribution < -0.4 is 5.32 Å². The van der Waals surface area contributed by atoms with E-state index in [-0.39, 0.29) is 6.10 Å². The fourth-order valence-corrected chi connectivity index (χ4v) is 3.19. The fraction of sp³-hybridized carbons (Fsp3) is 0.846. The average Bonchev–Trinajstić information content (AvgIpc) is 2.67. The quantitative estimate of drug-likeness (QED) is 0.683. The van der Waals surface area contributed by atoms with Crippen LogP contribution in [-0.2, 0) is 0 Å². The molecule has 0 saturated carbocycles. The van der Waals surface area contributed by atoms with Gasteiger partial charge in [-0.2, -0.15) is 0 Å². The van der Waals surface area contributed by atoms with Crippen molar-refractivity contribution in [1.82, 2.24) is 5.32 Å². The first-order chi connectivity index (χ1) is 7.16. The molecule has 0 bridgehead atoms. The van der Waals surface area contributed by atoms with E-state index >= 15 is 0 Å². The number of nitrogens with one attached hydrogen (secondary N) is 1. The Morgan fingerprint density at radius 1 is 1.53 bits per heavy atom. The van der Waals surface area contributed by atoms with Crippen molar-refractivity contribution in [1.29, 1.82) is 0 Å². The van der Waals surface area contributed by atoms with Crippen molar-refractivity contribution in [3.63, 3.8) is 0 Å². The zero-order valence-electron chi connectivity index (χ0n) is 9.87. The van der Waals surface area contributed by atoms with Crippen molar-refractivity contribution in [2.24, 2.45) is 11.8 Å². The summed E-state index contributed by atoms with van der Waals surface area (Å²) in [4.78, 5) is 0. The fourth-order valence-electron chi connectivity index (χ4n) is 3.19. The number of rotatable bonds is 2. The minimum atomic E-state index is -0.140. The van der Waals surface area contributed by atoms with Crippen LogP contribution in [0.1, 0.15) is 39.5 Å². The Morgan fingerprint density at radius 3 is 2.93 bits per heavy atom. The summed E-state index contributed by atoms with van der Waals surface area (Å²) in [5.41, 5.74) is 1.45. The van der Waals surface area contributed by atoms with Gasteiger partial charge in [0.2, 0.25) is 0 Å². The van der Waals surface area contributed by atoms with E-state index in [1.807, 2.05) is 0 Å². The summed E-state index contributed by atoms with van der Waals surface area (Å²) in [5.74, 6) is 1.11. The molecule has 0 aromatic rings. The number of hydrogen-bond acceptors (Lipinski definition) is 2. The lowest BCUT2D eigenvalue weighted by atomic mass is 9.78. The van der Waals surface area contributed by atoms with E-state index in [2.05, 4.69) is 25.2 Å². The minimum Gasteiger partial charge on any atom is -0.391 e. The summed E-state index contributed by atoms with van der Waals surface area (Å²) in [6.07, 6.45) is 6.82. The van der Waals surface area contributed by atoms with Crippen LogP contribution in [-0.4, -0.2) is 23.8 Å². The van der Waals surface area contributed by atoms with Gasteiger partial charge in [0.25, 0.3) is 0 Å². The van der Waals surface area contributed by atoms with Crippen LogP contribution in [0.2, 0.25) is 0 Å². The highest BCUT2D eigenvalue weighted by Gasteiger charge is 2.31. The lowest BCUT2D eigenvalue weighted by Gasteiger charge is -2.32. The first-order valence-electron chi connectivity index (χ1n) is 6.25. The number of allylic oxidation sites excluding steroid dienone is 2. The van der Waals surface area contributed by atoms with Crippen LogP contribution in [0, 0.1) is 11.8 Å². The third-order valence-corrected chi connectivity index (χ3v) is 3.82. The topological polar surface area (TPSA) is 32.3 Å².